The van der Waals surface area contributed by atoms with E-state index in [9.17, 15) is 18.8 Å². The van der Waals surface area contributed by atoms with Gasteiger partial charge in [0.15, 0.2) is 14.7 Å². The summed E-state index contributed by atoms with van der Waals surface area (Å²) in [5.41, 5.74) is -0.124. The molecule has 7 rings (SSSR count). The van der Waals surface area contributed by atoms with E-state index in [0.717, 1.165) is 19.3 Å². The summed E-state index contributed by atoms with van der Waals surface area (Å²) in [6, 6.07) is 32.2. The maximum Gasteiger partial charge on any atom is 0.415 e. The molecule has 4 bridgehead atoms. The SMILES string of the molecule is CC.O=C(OCC12CC3CC(CC(C3)C1)C2)C(F)(F)SOO[O-].c1ccc([S+](c2ccccc2)c2ccccc2)cc1. The highest BCUT2D eigenvalue weighted by Crippen LogP contribution is 2.60. The standard InChI is InChI=1S/C18H15S.C13H18F2O5S.C2H6/c1-4-10-16(11-5-1)19(17-12-6-2-7-13-17)18-14-8-3-9-15-18;14-13(15,21-20-19-17)11(16)18-7-12-4-8-1-9(5-12)3-10(2-8)6-12;1-2/h1-15H;8-10,17H,1-7H2;1-2H3/q+1;;/p-1. The molecule has 226 valence electrons. The highest BCUT2D eigenvalue weighted by molar-refractivity contribution is 7.97. The predicted octanol–water partition coefficient (Wildman–Crippen LogP) is 8.02. The molecule has 42 heavy (non-hydrogen) atoms. The molecule has 0 unspecified atom stereocenters. The van der Waals surface area contributed by atoms with Gasteiger partial charge in [0.2, 0.25) is 0 Å². The topological polar surface area (TPSA) is 67.8 Å². The molecule has 0 atom stereocenters. The highest BCUT2D eigenvalue weighted by Gasteiger charge is 2.52. The zero-order chi connectivity index (χ0) is 30.0. The normalized spacial score (nSPS) is 23.8. The van der Waals surface area contributed by atoms with Crippen molar-refractivity contribution in [3.8, 4) is 0 Å². The van der Waals surface area contributed by atoms with Gasteiger partial charge in [0.25, 0.3) is 0 Å². The minimum atomic E-state index is -3.94. The van der Waals surface area contributed by atoms with Gasteiger partial charge in [-0.1, -0.05) is 68.4 Å². The molecule has 4 saturated carbocycles. The number of rotatable bonds is 9. The fourth-order valence-corrected chi connectivity index (χ4v) is 9.28. The minimum Gasteiger partial charge on any atom is -0.691 e. The maximum absolute atomic E-state index is 13.3. The number of hydrogen-bond donors (Lipinski definition) is 0. The van der Waals surface area contributed by atoms with Gasteiger partial charge in [0, 0.05) is 5.41 Å². The van der Waals surface area contributed by atoms with Crippen molar-refractivity contribution in [1.82, 2.24) is 0 Å². The van der Waals surface area contributed by atoms with Gasteiger partial charge in [-0.05, 0) is 92.7 Å². The van der Waals surface area contributed by atoms with Crippen LogP contribution in [0.2, 0.25) is 0 Å². The number of esters is 1. The third-order valence-electron chi connectivity index (χ3n) is 8.02. The quantitative estimate of drug-likeness (QED) is 0.0798. The molecular formula is C33H38F2O5S2. The van der Waals surface area contributed by atoms with Gasteiger partial charge >= 0.3 is 11.2 Å². The molecule has 0 N–H and O–H groups in total. The first-order chi connectivity index (χ1) is 20.4. The Labute approximate surface area is 254 Å². The second-order valence-corrected chi connectivity index (χ2v) is 13.8. The molecule has 0 aliphatic heterocycles. The lowest BCUT2D eigenvalue weighted by Crippen LogP contribution is -2.49. The van der Waals surface area contributed by atoms with Crippen LogP contribution in [0.5, 0.6) is 0 Å². The zero-order valence-electron chi connectivity index (χ0n) is 24.0. The average molecular weight is 617 g/mol. The summed E-state index contributed by atoms with van der Waals surface area (Å²) in [5, 5.41) is 8.45. The van der Waals surface area contributed by atoms with E-state index in [2.05, 4.69) is 100 Å². The summed E-state index contributed by atoms with van der Waals surface area (Å²) in [6.45, 7) is 4.03. The van der Waals surface area contributed by atoms with E-state index in [1.807, 2.05) is 13.8 Å². The third-order valence-corrected chi connectivity index (χ3v) is 10.7. The fraction of sp³-hybridized carbons (Fsp3) is 0.424. The Balaban J connectivity index is 0.000000183. The summed E-state index contributed by atoms with van der Waals surface area (Å²) in [6.07, 6.45) is 6.58. The lowest BCUT2D eigenvalue weighted by molar-refractivity contribution is -0.777. The first-order valence-electron chi connectivity index (χ1n) is 14.5. The van der Waals surface area contributed by atoms with Crippen molar-refractivity contribution in [2.45, 2.75) is 72.3 Å². The first-order valence-corrected chi connectivity index (χ1v) is 16.4. The fourth-order valence-electron chi connectivity index (χ4n) is 6.94. The van der Waals surface area contributed by atoms with Crippen LogP contribution in [0, 0.1) is 23.2 Å². The van der Waals surface area contributed by atoms with Crippen LogP contribution in [0.1, 0.15) is 52.4 Å². The van der Waals surface area contributed by atoms with E-state index in [4.69, 9.17) is 4.74 Å². The average Bonchev–Trinajstić information content (AvgIpc) is 3.01. The molecule has 0 aromatic heterocycles. The summed E-state index contributed by atoms with van der Waals surface area (Å²) >= 11 is -0.639. The number of carbonyl (C=O) groups excluding carboxylic acids is 1. The van der Waals surface area contributed by atoms with Crippen LogP contribution in [0.3, 0.4) is 0 Å². The van der Waals surface area contributed by atoms with E-state index < -0.39 is 23.3 Å². The highest BCUT2D eigenvalue weighted by atomic mass is 32.2. The van der Waals surface area contributed by atoms with Crippen LogP contribution < -0.4 is 5.26 Å². The first kappa shape index (κ1) is 32.5. The summed E-state index contributed by atoms with van der Waals surface area (Å²) in [7, 11) is -0.0146. The summed E-state index contributed by atoms with van der Waals surface area (Å²) in [4.78, 5) is 15.5. The van der Waals surface area contributed by atoms with Crippen molar-refractivity contribution in [3.63, 3.8) is 0 Å². The Morgan fingerprint density at radius 3 is 1.55 bits per heavy atom. The minimum absolute atomic E-state index is 0.0146. The van der Waals surface area contributed by atoms with Crippen molar-refractivity contribution >= 4 is 28.9 Å². The molecule has 0 saturated heterocycles. The van der Waals surface area contributed by atoms with Crippen LogP contribution >= 0.6 is 12.0 Å². The van der Waals surface area contributed by atoms with Gasteiger partial charge in [-0.2, -0.15) is 13.1 Å². The van der Waals surface area contributed by atoms with Crippen LogP contribution in [0.15, 0.2) is 106 Å². The van der Waals surface area contributed by atoms with Crippen molar-refractivity contribution in [3.05, 3.63) is 91.0 Å². The van der Waals surface area contributed by atoms with Crippen molar-refractivity contribution in [1.29, 1.82) is 0 Å². The molecule has 0 heterocycles. The molecular weight excluding hydrogens is 578 g/mol. The Morgan fingerprint density at radius 1 is 0.810 bits per heavy atom. The molecule has 4 fully saturated rings. The Morgan fingerprint density at radius 2 is 1.19 bits per heavy atom. The van der Waals surface area contributed by atoms with E-state index in [0.29, 0.717) is 17.8 Å². The van der Waals surface area contributed by atoms with Crippen LogP contribution in [0.4, 0.5) is 8.78 Å². The number of alkyl halides is 2. The number of benzene rings is 3. The molecule has 5 nitrogen and oxygen atoms in total. The van der Waals surface area contributed by atoms with Gasteiger partial charge in [0.1, 0.15) is 12.0 Å². The van der Waals surface area contributed by atoms with Gasteiger partial charge in [-0.25, -0.2) is 4.79 Å². The number of carbonyl (C=O) groups is 1. The third kappa shape index (κ3) is 8.35. The maximum atomic E-state index is 13.3. The monoisotopic (exact) mass is 616 g/mol. The lowest BCUT2D eigenvalue weighted by Gasteiger charge is -2.56. The molecule has 4 aliphatic rings. The van der Waals surface area contributed by atoms with E-state index in [1.54, 1.807) is 0 Å². The van der Waals surface area contributed by atoms with Crippen molar-refractivity contribution < 1.29 is 32.9 Å². The Hall–Kier alpha value is -2.43. The molecule has 9 heteroatoms. The van der Waals surface area contributed by atoms with Gasteiger partial charge in [-0.15, -0.1) is 0 Å². The van der Waals surface area contributed by atoms with Crippen LogP contribution in [-0.4, -0.2) is 17.8 Å². The lowest BCUT2D eigenvalue weighted by atomic mass is 9.50. The summed E-state index contributed by atoms with van der Waals surface area (Å²) in [5.74, 6) is 0.284. The molecule has 3 aromatic carbocycles. The van der Waals surface area contributed by atoms with E-state index in [1.165, 1.54) is 33.9 Å². The smallest absolute Gasteiger partial charge is 0.415 e. The molecule has 3 aromatic rings. The number of ether oxygens (including phenoxy) is 1. The zero-order valence-corrected chi connectivity index (χ0v) is 25.6. The van der Waals surface area contributed by atoms with Crippen LogP contribution in [0.25, 0.3) is 0 Å². The number of halogens is 2. The second kappa shape index (κ2) is 15.3. The van der Waals surface area contributed by atoms with Crippen molar-refractivity contribution in [2.75, 3.05) is 6.61 Å². The Kier molecular flexibility index (Phi) is 11.9. The summed E-state index contributed by atoms with van der Waals surface area (Å²) < 4.78 is 35.0. The van der Waals surface area contributed by atoms with Gasteiger partial charge < -0.3 is 9.99 Å². The van der Waals surface area contributed by atoms with Crippen molar-refractivity contribution in [2.24, 2.45) is 23.2 Å². The molecule has 0 radical (unpaired) electrons. The van der Waals surface area contributed by atoms with Gasteiger partial charge in [0.05, 0.1) is 17.5 Å². The predicted molar refractivity (Wildman–Crippen MR) is 159 cm³/mol. The molecule has 4 aliphatic carbocycles. The van der Waals surface area contributed by atoms with E-state index >= 15 is 0 Å². The Bertz CT molecular complexity index is 1100. The largest absolute Gasteiger partial charge is 0.691 e. The molecule has 0 amide bonds. The van der Waals surface area contributed by atoms with E-state index in [-0.39, 0.29) is 22.9 Å². The van der Waals surface area contributed by atoms with Gasteiger partial charge in [-0.3, -0.25) is 5.04 Å². The van der Waals surface area contributed by atoms with Crippen LogP contribution in [-0.2, 0) is 29.8 Å². The number of hydrogen-bond acceptors (Lipinski definition) is 6. The molecule has 0 spiro atoms. The second-order valence-electron chi connectivity index (χ2n) is 11.0.